The first-order valence-corrected chi connectivity index (χ1v) is 10.6. The Labute approximate surface area is 165 Å². The lowest BCUT2D eigenvalue weighted by Gasteiger charge is -2.26. The van der Waals surface area contributed by atoms with E-state index in [4.69, 9.17) is 9.47 Å². The average Bonchev–Trinajstić information content (AvgIpc) is 2.64. The first kappa shape index (κ1) is 19.0. The van der Waals surface area contributed by atoms with E-state index >= 15 is 0 Å². The summed E-state index contributed by atoms with van der Waals surface area (Å²) < 4.78 is 35.7. The number of methoxy groups -OCH3 is 2. The number of ether oxygens (including phenoxy) is 2. The number of carbonyl (C=O) groups is 1. The molecule has 0 saturated heterocycles. The number of hydrogen-bond donors (Lipinski definition) is 1. The molecule has 0 fully saturated rings. The smallest absolute Gasteiger partial charge is 0.252 e. The number of hydrogen-bond acceptors (Lipinski definition) is 5. The number of nitrogens with one attached hydrogen (secondary N) is 1. The van der Waals surface area contributed by atoms with Gasteiger partial charge in [0.25, 0.3) is 5.91 Å². The fourth-order valence-corrected chi connectivity index (χ4v) is 5.31. The lowest BCUT2D eigenvalue weighted by atomic mass is 10.0. The van der Waals surface area contributed by atoms with Crippen LogP contribution in [0, 0.1) is 3.57 Å². The highest BCUT2D eigenvalue weighted by Gasteiger charge is 2.31. The zero-order valence-corrected chi connectivity index (χ0v) is 17.3. The highest BCUT2D eigenvalue weighted by atomic mass is 127. The number of halogens is 1. The molecule has 0 spiro atoms. The molecule has 2 aromatic rings. The second-order valence-corrected chi connectivity index (χ2v) is 9.10. The Bertz CT molecular complexity index is 958. The quantitative estimate of drug-likeness (QED) is 0.671. The predicted octanol–water partition coefficient (Wildman–Crippen LogP) is 2.96. The summed E-state index contributed by atoms with van der Waals surface area (Å²) in [6, 6.07) is 9.80. The molecule has 1 unspecified atom stereocenters. The molecule has 1 aliphatic rings. The summed E-state index contributed by atoms with van der Waals surface area (Å²) >= 11 is 2.07. The predicted molar refractivity (Wildman–Crippen MR) is 106 cm³/mol. The summed E-state index contributed by atoms with van der Waals surface area (Å²) in [6.45, 7) is 0. The normalized spacial score (nSPS) is 17.9. The molecule has 138 valence electrons. The molecule has 1 aliphatic heterocycles. The van der Waals surface area contributed by atoms with Crippen LogP contribution in [0.2, 0.25) is 0 Å². The molecule has 1 heterocycles. The van der Waals surface area contributed by atoms with Crippen LogP contribution in [0.5, 0.6) is 11.5 Å². The molecular formula is C18H18INO5S. The molecule has 26 heavy (non-hydrogen) atoms. The number of benzene rings is 2. The van der Waals surface area contributed by atoms with Crippen LogP contribution in [-0.2, 0) is 9.84 Å². The van der Waals surface area contributed by atoms with Crippen LogP contribution in [0.4, 0.5) is 0 Å². The second-order valence-electron chi connectivity index (χ2n) is 5.86. The van der Waals surface area contributed by atoms with Crippen LogP contribution in [0.3, 0.4) is 0 Å². The van der Waals surface area contributed by atoms with Gasteiger partial charge in [-0.05, 0) is 52.8 Å². The van der Waals surface area contributed by atoms with Gasteiger partial charge < -0.3 is 14.8 Å². The molecule has 0 aliphatic carbocycles. The molecule has 1 atom stereocenters. The summed E-state index contributed by atoms with van der Waals surface area (Å²) in [5.41, 5.74) is 1.08. The number of carbonyl (C=O) groups excluding carboxylic acids is 1. The van der Waals surface area contributed by atoms with Crippen molar-refractivity contribution in [3.8, 4) is 11.5 Å². The maximum absolute atomic E-state index is 12.8. The molecular weight excluding hydrogens is 469 g/mol. The van der Waals surface area contributed by atoms with E-state index in [0.717, 1.165) is 3.57 Å². The van der Waals surface area contributed by atoms with Crippen LogP contribution in [-0.4, -0.2) is 34.3 Å². The number of fused-ring (bicyclic) bond motifs is 1. The van der Waals surface area contributed by atoms with Gasteiger partial charge in [0, 0.05) is 3.57 Å². The average molecular weight is 487 g/mol. The lowest BCUT2D eigenvalue weighted by Crippen LogP contribution is -2.34. The first-order valence-electron chi connectivity index (χ1n) is 7.91. The Kier molecular flexibility index (Phi) is 5.42. The molecule has 0 bridgehead atoms. The molecule has 1 amide bonds. The minimum Gasteiger partial charge on any atom is -0.493 e. The SMILES string of the molecule is COc1cc(I)c(C(=O)NC2CCS(=O)(=O)c3ccccc32)cc1OC. The van der Waals surface area contributed by atoms with E-state index in [1.165, 1.54) is 14.2 Å². The molecule has 3 rings (SSSR count). The van der Waals surface area contributed by atoms with E-state index in [1.807, 2.05) is 0 Å². The van der Waals surface area contributed by atoms with Crippen molar-refractivity contribution in [3.05, 3.63) is 51.1 Å². The zero-order valence-electron chi connectivity index (χ0n) is 14.3. The van der Waals surface area contributed by atoms with Crippen LogP contribution in [0.25, 0.3) is 0 Å². The van der Waals surface area contributed by atoms with E-state index in [1.54, 1.807) is 36.4 Å². The van der Waals surface area contributed by atoms with Crippen molar-refractivity contribution in [3.63, 3.8) is 0 Å². The lowest BCUT2D eigenvalue weighted by molar-refractivity contribution is 0.0933. The largest absolute Gasteiger partial charge is 0.493 e. The number of amides is 1. The van der Waals surface area contributed by atoms with Crippen molar-refractivity contribution in [2.75, 3.05) is 20.0 Å². The fraction of sp³-hybridized carbons (Fsp3) is 0.278. The minimum atomic E-state index is -3.29. The number of rotatable bonds is 4. The summed E-state index contributed by atoms with van der Waals surface area (Å²) in [5.74, 6) is 0.736. The first-order chi connectivity index (χ1) is 12.4. The van der Waals surface area contributed by atoms with Gasteiger partial charge >= 0.3 is 0 Å². The molecule has 6 nitrogen and oxygen atoms in total. The topological polar surface area (TPSA) is 81.7 Å². The van der Waals surface area contributed by atoms with Gasteiger partial charge in [0.15, 0.2) is 21.3 Å². The third-order valence-corrected chi connectivity index (χ3v) is 7.04. The van der Waals surface area contributed by atoms with Gasteiger partial charge in [-0.2, -0.15) is 0 Å². The van der Waals surface area contributed by atoms with E-state index < -0.39 is 9.84 Å². The summed E-state index contributed by atoms with van der Waals surface area (Å²) in [7, 11) is -0.249. The van der Waals surface area contributed by atoms with E-state index in [9.17, 15) is 13.2 Å². The Balaban J connectivity index is 1.92. The highest BCUT2D eigenvalue weighted by Crippen LogP contribution is 2.34. The van der Waals surface area contributed by atoms with Gasteiger partial charge in [0.2, 0.25) is 0 Å². The van der Waals surface area contributed by atoms with Gasteiger partial charge in [-0.1, -0.05) is 18.2 Å². The van der Waals surface area contributed by atoms with E-state index in [0.29, 0.717) is 33.9 Å². The Hall–Kier alpha value is -1.81. The molecule has 1 N–H and O–H groups in total. The van der Waals surface area contributed by atoms with Crippen LogP contribution < -0.4 is 14.8 Å². The monoisotopic (exact) mass is 487 g/mol. The van der Waals surface area contributed by atoms with Gasteiger partial charge in [-0.15, -0.1) is 0 Å². The minimum absolute atomic E-state index is 0.0119. The molecule has 0 aromatic heterocycles. The van der Waals surface area contributed by atoms with Crippen molar-refractivity contribution < 1.29 is 22.7 Å². The fourth-order valence-electron chi connectivity index (χ4n) is 3.00. The van der Waals surface area contributed by atoms with E-state index in [-0.39, 0.29) is 17.7 Å². The molecule has 2 aromatic carbocycles. The molecule has 0 radical (unpaired) electrons. The van der Waals surface area contributed by atoms with Crippen molar-refractivity contribution in [2.24, 2.45) is 0 Å². The van der Waals surface area contributed by atoms with Crippen molar-refractivity contribution in [1.82, 2.24) is 5.32 Å². The maximum atomic E-state index is 12.8. The Morgan fingerprint density at radius 3 is 2.50 bits per heavy atom. The van der Waals surface area contributed by atoms with Gasteiger partial charge in [0.05, 0.1) is 36.5 Å². The molecule has 0 saturated carbocycles. The van der Waals surface area contributed by atoms with Crippen LogP contribution >= 0.6 is 22.6 Å². The van der Waals surface area contributed by atoms with Crippen LogP contribution in [0.1, 0.15) is 28.4 Å². The van der Waals surface area contributed by atoms with Crippen molar-refractivity contribution in [2.45, 2.75) is 17.4 Å². The maximum Gasteiger partial charge on any atom is 0.252 e. The van der Waals surface area contributed by atoms with Crippen molar-refractivity contribution >= 4 is 38.3 Å². The van der Waals surface area contributed by atoms with Gasteiger partial charge in [-0.25, -0.2) is 8.42 Å². The Morgan fingerprint density at radius 2 is 1.81 bits per heavy atom. The van der Waals surface area contributed by atoms with Gasteiger partial charge in [-0.3, -0.25) is 4.79 Å². The molecule has 8 heteroatoms. The third kappa shape index (κ3) is 3.52. The number of sulfone groups is 1. The highest BCUT2D eigenvalue weighted by molar-refractivity contribution is 14.1. The Morgan fingerprint density at radius 1 is 1.15 bits per heavy atom. The standard InChI is InChI=1S/C18H18INO5S/c1-24-15-9-12(13(19)10-16(15)25-2)18(21)20-14-7-8-26(22,23)17-6-4-3-5-11(14)17/h3-6,9-10,14H,7-8H2,1-2H3,(H,20,21). The van der Waals surface area contributed by atoms with E-state index in [2.05, 4.69) is 27.9 Å². The summed E-state index contributed by atoms with van der Waals surface area (Å²) in [4.78, 5) is 13.1. The summed E-state index contributed by atoms with van der Waals surface area (Å²) in [5, 5.41) is 2.95. The second kappa shape index (κ2) is 7.43. The summed E-state index contributed by atoms with van der Waals surface area (Å²) in [6.07, 6.45) is 0.342. The van der Waals surface area contributed by atoms with Crippen LogP contribution in [0.15, 0.2) is 41.3 Å². The zero-order chi connectivity index (χ0) is 18.9. The van der Waals surface area contributed by atoms with Gasteiger partial charge in [0.1, 0.15) is 0 Å². The van der Waals surface area contributed by atoms with Crippen molar-refractivity contribution in [1.29, 1.82) is 0 Å². The third-order valence-electron chi connectivity index (χ3n) is 4.33.